The number of hydrogen-bond acceptors (Lipinski definition) is 5. The smallest absolute Gasteiger partial charge is 0.256 e. The van der Waals surface area contributed by atoms with Crippen molar-refractivity contribution in [3.63, 3.8) is 0 Å². The van der Waals surface area contributed by atoms with Gasteiger partial charge in [0, 0.05) is 35.9 Å². The molecule has 0 spiro atoms. The van der Waals surface area contributed by atoms with Gasteiger partial charge in [0.25, 0.3) is 5.91 Å². The van der Waals surface area contributed by atoms with Gasteiger partial charge in [0.15, 0.2) is 0 Å². The highest BCUT2D eigenvalue weighted by Gasteiger charge is 2.27. The standard InChI is InChI=1S/C20H18N4O2/c1-14-12-26-19-5-4-15(18-9-22-13-23-10-18)7-17(19)11-24(14)20(25)16-3-2-6-21-8-16/h2-10,13-14H,11-12H2,1H3/t14-/m1/s1. The van der Waals surface area contributed by atoms with Crippen LogP contribution in [0, 0.1) is 0 Å². The van der Waals surface area contributed by atoms with Crippen molar-refractivity contribution < 1.29 is 9.53 Å². The van der Waals surface area contributed by atoms with Crippen LogP contribution in [0.1, 0.15) is 22.8 Å². The van der Waals surface area contributed by atoms with E-state index in [1.807, 2.05) is 30.0 Å². The Balaban J connectivity index is 1.68. The van der Waals surface area contributed by atoms with E-state index in [0.29, 0.717) is 18.7 Å². The molecule has 1 aliphatic rings. The van der Waals surface area contributed by atoms with Crippen molar-refractivity contribution in [1.29, 1.82) is 0 Å². The van der Waals surface area contributed by atoms with Crippen molar-refractivity contribution in [2.45, 2.75) is 19.5 Å². The molecule has 6 nitrogen and oxygen atoms in total. The average molecular weight is 346 g/mol. The Hall–Kier alpha value is -3.28. The Morgan fingerprint density at radius 2 is 1.96 bits per heavy atom. The molecule has 1 atom stereocenters. The van der Waals surface area contributed by atoms with Gasteiger partial charge in [-0.1, -0.05) is 6.07 Å². The molecule has 130 valence electrons. The number of aromatic nitrogens is 3. The second kappa shape index (κ2) is 6.92. The topological polar surface area (TPSA) is 68.2 Å². The van der Waals surface area contributed by atoms with Gasteiger partial charge in [-0.2, -0.15) is 0 Å². The van der Waals surface area contributed by atoms with Crippen LogP contribution in [0.5, 0.6) is 5.75 Å². The van der Waals surface area contributed by atoms with Gasteiger partial charge in [-0.05, 0) is 36.8 Å². The fraction of sp³-hybridized carbons (Fsp3) is 0.200. The van der Waals surface area contributed by atoms with Crippen LogP contribution in [-0.4, -0.2) is 38.4 Å². The lowest BCUT2D eigenvalue weighted by Gasteiger charge is -2.26. The number of carbonyl (C=O) groups excluding carboxylic acids is 1. The molecule has 1 aromatic carbocycles. The van der Waals surface area contributed by atoms with Crippen LogP contribution >= 0.6 is 0 Å². The Kier molecular flexibility index (Phi) is 4.31. The van der Waals surface area contributed by atoms with Gasteiger partial charge in [-0.3, -0.25) is 9.78 Å². The zero-order valence-electron chi connectivity index (χ0n) is 14.4. The Labute approximate surface area is 151 Å². The highest BCUT2D eigenvalue weighted by Crippen LogP contribution is 2.30. The minimum Gasteiger partial charge on any atom is -0.491 e. The van der Waals surface area contributed by atoms with Crippen molar-refractivity contribution in [2.24, 2.45) is 0 Å². The van der Waals surface area contributed by atoms with E-state index in [0.717, 1.165) is 22.4 Å². The van der Waals surface area contributed by atoms with Gasteiger partial charge in [-0.25, -0.2) is 9.97 Å². The van der Waals surface area contributed by atoms with Crippen LogP contribution in [0.2, 0.25) is 0 Å². The molecule has 1 amide bonds. The number of pyridine rings is 1. The van der Waals surface area contributed by atoms with E-state index in [4.69, 9.17) is 4.74 Å². The van der Waals surface area contributed by atoms with E-state index in [1.54, 1.807) is 36.9 Å². The van der Waals surface area contributed by atoms with Crippen molar-refractivity contribution in [3.8, 4) is 16.9 Å². The minimum atomic E-state index is -0.0458. The highest BCUT2D eigenvalue weighted by molar-refractivity contribution is 5.94. The number of carbonyl (C=O) groups is 1. The van der Waals surface area contributed by atoms with E-state index >= 15 is 0 Å². The van der Waals surface area contributed by atoms with E-state index in [-0.39, 0.29) is 11.9 Å². The van der Waals surface area contributed by atoms with Crippen LogP contribution < -0.4 is 4.74 Å². The number of ether oxygens (including phenoxy) is 1. The van der Waals surface area contributed by atoms with Crippen molar-refractivity contribution in [2.75, 3.05) is 6.61 Å². The molecule has 6 heteroatoms. The number of benzene rings is 1. The second-order valence-corrected chi connectivity index (χ2v) is 6.28. The molecule has 0 bridgehead atoms. The summed E-state index contributed by atoms with van der Waals surface area (Å²) in [5.41, 5.74) is 3.47. The zero-order chi connectivity index (χ0) is 17.9. The van der Waals surface area contributed by atoms with Crippen LogP contribution in [0.3, 0.4) is 0 Å². The van der Waals surface area contributed by atoms with Gasteiger partial charge in [-0.15, -0.1) is 0 Å². The predicted molar refractivity (Wildman–Crippen MR) is 96.5 cm³/mol. The molecular weight excluding hydrogens is 328 g/mol. The molecule has 2 aromatic heterocycles. The lowest BCUT2D eigenvalue weighted by Crippen LogP contribution is -2.39. The van der Waals surface area contributed by atoms with Crippen molar-refractivity contribution in [3.05, 3.63) is 72.6 Å². The SMILES string of the molecule is C[C@@H]1COc2ccc(-c3cncnc3)cc2CN1C(=O)c1cccnc1. The van der Waals surface area contributed by atoms with E-state index < -0.39 is 0 Å². The average Bonchev–Trinajstić information content (AvgIpc) is 2.87. The molecular formula is C20H18N4O2. The lowest BCUT2D eigenvalue weighted by molar-refractivity contribution is 0.0645. The predicted octanol–water partition coefficient (Wildman–Crippen LogP) is 2.96. The molecule has 3 aromatic rings. The maximum Gasteiger partial charge on any atom is 0.256 e. The van der Waals surface area contributed by atoms with Gasteiger partial charge < -0.3 is 9.64 Å². The van der Waals surface area contributed by atoms with Crippen molar-refractivity contribution >= 4 is 5.91 Å². The Morgan fingerprint density at radius 1 is 1.12 bits per heavy atom. The maximum absolute atomic E-state index is 12.9. The molecule has 0 saturated carbocycles. The normalized spacial score (nSPS) is 16.3. The first-order chi connectivity index (χ1) is 12.7. The van der Waals surface area contributed by atoms with Crippen LogP contribution in [-0.2, 0) is 6.54 Å². The fourth-order valence-electron chi connectivity index (χ4n) is 3.04. The molecule has 0 aliphatic carbocycles. The third-order valence-corrected chi connectivity index (χ3v) is 4.48. The molecule has 0 radical (unpaired) electrons. The Bertz CT molecular complexity index is 916. The number of rotatable bonds is 2. The molecule has 0 N–H and O–H groups in total. The first-order valence-corrected chi connectivity index (χ1v) is 8.44. The van der Waals surface area contributed by atoms with Gasteiger partial charge in [0.2, 0.25) is 0 Å². The van der Waals surface area contributed by atoms with Gasteiger partial charge in [0.05, 0.1) is 18.2 Å². The van der Waals surface area contributed by atoms with Crippen LogP contribution in [0.15, 0.2) is 61.4 Å². The monoisotopic (exact) mass is 346 g/mol. The fourth-order valence-corrected chi connectivity index (χ4v) is 3.04. The minimum absolute atomic E-state index is 0.0429. The second-order valence-electron chi connectivity index (χ2n) is 6.28. The van der Waals surface area contributed by atoms with Gasteiger partial charge in [0.1, 0.15) is 18.7 Å². The summed E-state index contributed by atoms with van der Waals surface area (Å²) < 4.78 is 5.93. The third kappa shape index (κ3) is 3.13. The highest BCUT2D eigenvalue weighted by atomic mass is 16.5. The van der Waals surface area contributed by atoms with Crippen LogP contribution in [0.4, 0.5) is 0 Å². The van der Waals surface area contributed by atoms with E-state index in [1.165, 1.54) is 6.33 Å². The lowest BCUT2D eigenvalue weighted by atomic mass is 10.0. The summed E-state index contributed by atoms with van der Waals surface area (Å²) in [6.45, 7) is 2.92. The molecule has 3 heterocycles. The summed E-state index contributed by atoms with van der Waals surface area (Å²) in [6, 6.07) is 9.48. The quantitative estimate of drug-likeness (QED) is 0.714. The largest absolute Gasteiger partial charge is 0.491 e. The summed E-state index contributed by atoms with van der Waals surface area (Å²) in [6.07, 6.45) is 8.31. The molecule has 0 unspecified atom stereocenters. The zero-order valence-corrected chi connectivity index (χ0v) is 14.4. The van der Waals surface area contributed by atoms with Crippen molar-refractivity contribution in [1.82, 2.24) is 19.9 Å². The molecule has 0 fully saturated rings. The number of nitrogens with zero attached hydrogens (tertiary/aromatic N) is 4. The summed E-state index contributed by atoms with van der Waals surface area (Å²) in [5.74, 6) is 0.759. The summed E-state index contributed by atoms with van der Waals surface area (Å²) >= 11 is 0. The first kappa shape index (κ1) is 16.2. The number of amides is 1. The van der Waals surface area contributed by atoms with Crippen LogP contribution in [0.25, 0.3) is 11.1 Å². The van der Waals surface area contributed by atoms with E-state index in [2.05, 4.69) is 15.0 Å². The summed E-state index contributed by atoms with van der Waals surface area (Å²) in [7, 11) is 0. The Morgan fingerprint density at radius 3 is 2.73 bits per heavy atom. The van der Waals surface area contributed by atoms with E-state index in [9.17, 15) is 4.79 Å². The third-order valence-electron chi connectivity index (χ3n) is 4.48. The maximum atomic E-state index is 12.9. The summed E-state index contributed by atoms with van der Waals surface area (Å²) in [4.78, 5) is 27.0. The molecule has 26 heavy (non-hydrogen) atoms. The van der Waals surface area contributed by atoms with Gasteiger partial charge >= 0.3 is 0 Å². The number of fused-ring (bicyclic) bond motifs is 1. The molecule has 1 aliphatic heterocycles. The summed E-state index contributed by atoms with van der Waals surface area (Å²) in [5, 5.41) is 0. The number of hydrogen-bond donors (Lipinski definition) is 0. The molecule has 0 saturated heterocycles. The first-order valence-electron chi connectivity index (χ1n) is 8.44. The molecule has 4 rings (SSSR count).